The molecule has 8 heteroatoms. The van der Waals surface area contributed by atoms with E-state index < -0.39 is 41.8 Å². The molecule has 1 aliphatic rings. The minimum Gasteiger partial charge on any atom is -0.444 e. The SMILES string of the molecule is C[C@H](NC(=O)[C@@H]1[C@@H](C(F)(F)F)CCN1C(=O)OC(C)(C)C)c1ccccc1. The van der Waals surface area contributed by atoms with Gasteiger partial charge in [0.2, 0.25) is 5.91 Å². The molecule has 0 spiro atoms. The van der Waals surface area contributed by atoms with E-state index >= 15 is 0 Å². The lowest BCUT2D eigenvalue weighted by Gasteiger charge is -2.31. The standard InChI is InChI=1S/C19H25F3N2O3/c1-12(13-8-6-5-7-9-13)23-16(25)15-14(19(20,21)22)10-11-24(15)17(26)27-18(2,3)4/h5-9,12,14-15H,10-11H2,1-4H3,(H,23,25)/t12-,14-,15-/m0/s1. The minimum absolute atomic E-state index is 0.184. The molecule has 0 radical (unpaired) electrons. The Morgan fingerprint density at radius 2 is 1.78 bits per heavy atom. The maximum Gasteiger partial charge on any atom is 0.410 e. The van der Waals surface area contributed by atoms with Gasteiger partial charge < -0.3 is 10.1 Å². The number of carbonyl (C=O) groups is 2. The summed E-state index contributed by atoms with van der Waals surface area (Å²) in [6.07, 6.45) is -5.84. The topological polar surface area (TPSA) is 58.6 Å². The number of amides is 2. The second kappa shape index (κ2) is 7.78. The van der Waals surface area contributed by atoms with Gasteiger partial charge in [0.05, 0.1) is 12.0 Å². The van der Waals surface area contributed by atoms with Crippen LogP contribution in [0.15, 0.2) is 30.3 Å². The van der Waals surface area contributed by atoms with Gasteiger partial charge in [-0.2, -0.15) is 13.2 Å². The number of carbonyl (C=O) groups excluding carboxylic acids is 2. The van der Waals surface area contributed by atoms with Gasteiger partial charge in [-0.05, 0) is 39.7 Å². The number of halogens is 3. The number of hydrogen-bond donors (Lipinski definition) is 1. The van der Waals surface area contributed by atoms with Crippen LogP contribution in [-0.4, -0.2) is 41.3 Å². The van der Waals surface area contributed by atoms with Gasteiger partial charge in [-0.25, -0.2) is 4.79 Å². The number of hydrogen-bond acceptors (Lipinski definition) is 3. The molecule has 0 aliphatic carbocycles. The van der Waals surface area contributed by atoms with Gasteiger partial charge >= 0.3 is 12.3 Å². The van der Waals surface area contributed by atoms with E-state index in [1.807, 2.05) is 0 Å². The maximum absolute atomic E-state index is 13.4. The molecule has 1 aliphatic heterocycles. The van der Waals surface area contributed by atoms with Crippen LogP contribution < -0.4 is 5.32 Å². The van der Waals surface area contributed by atoms with E-state index in [4.69, 9.17) is 4.74 Å². The Balaban J connectivity index is 2.22. The monoisotopic (exact) mass is 386 g/mol. The lowest BCUT2D eigenvalue weighted by molar-refractivity contribution is -0.183. The van der Waals surface area contributed by atoms with E-state index in [9.17, 15) is 22.8 Å². The normalized spacial score (nSPS) is 21.7. The second-order valence-corrected chi connectivity index (χ2v) is 7.70. The second-order valence-electron chi connectivity index (χ2n) is 7.70. The molecule has 1 aromatic carbocycles. The van der Waals surface area contributed by atoms with Crippen LogP contribution in [-0.2, 0) is 9.53 Å². The van der Waals surface area contributed by atoms with Crippen LogP contribution in [0.3, 0.4) is 0 Å². The highest BCUT2D eigenvalue weighted by atomic mass is 19.4. The van der Waals surface area contributed by atoms with Crippen LogP contribution in [0.25, 0.3) is 0 Å². The van der Waals surface area contributed by atoms with Crippen LogP contribution in [0.4, 0.5) is 18.0 Å². The lowest BCUT2D eigenvalue weighted by Crippen LogP contribution is -2.52. The first kappa shape index (κ1) is 21.1. The molecule has 0 unspecified atom stereocenters. The van der Waals surface area contributed by atoms with Gasteiger partial charge in [0.15, 0.2) is 0 Å². The Morgan fingerprint density at radius 3 is 2.30 bits per heavy atom. The summed E-state index contributed by atoms with van der Waals surface area (Å²) < 4.78 is 45.5. The minimum atomic E-state index is -4.59. The van der Waals surface area contributed by atoms with Crippen LogP contribution in [0.5, 0.6) is 0 Å². The number of likely N-dealkylation sites (tertiary alicyclic amines) is 1. The molecule has 1 N–H and O–H groups in total. The van der Waals surface area contributed by atoms with E-state index in [2.05, 4.69) is 5.32 Å². The Labute approximate surface area is 156 Å². The zero-order valence-electron chi connectivity index (χ0n) is 15.8. The van der Waals surface area contributed by atoms with Crippen molar-refractivity contribution >= 4 is 12.0 Å². The van der Waals surface area contributed by atoms with Gasteiger partial charge in [-0.3, -0.25) is 9.69 Å². The molecule has 0 aromatic heterocycles. The molecule has 1 fully saturated rings. The number of nitrogens with zero attached hydrogens (tertiary/aromatic N) is 1. The highest BCUT2D eigenvalue weighted by molar-refractivity contribution is 5.87. The van der Waals surface area contributed by atoms with Crippen molar-refractivity contribution in [3.63, 3.8) is 0 Å². The summed E-state index contributed by atoms with van der Waals surface area (Å²) in [6.45, 7) is 6.36. The van der Waals surface area contributed by atoms with Gasteiger partial charge in [0.25, 0.3) is 0 Å². The fourth-order valence-electron chi connectivity index (χ4n) is 3.11. The highest BCUT2D eigenvalue weighted by Crippen LogP contribution is 2.39. The number of ether oxygens (including phenoxy) is 1. The molecule has 1 aromatic rings. The van der Waals surface area contributed by atoms with Gasteiger partial charge in [0, 0.05) is 6.54 Å². The Bertz CT molecular complexity index is 671. The fraction of sp³-hybridized carbons (Fsp3) is 0.579. The van der Waals surface area contributed by atoms with Crippen molar-refractivity contribution in [2.75, 3.05) is 6.54 Å². The molecule has 27 heavy (non-hydrogen) atoms. The molecule has 2 rings (SSSR count). The predicted molar refractivity (Wildman–Crippen MR) is 93.9 cm³/mol. The number of nitrogens with one attached hydrogen (secondary N) is 1. The van der Waals surface area contributed by atoms with Crippen LogP contribution in [0.2, 0.25) is 0 Å². The maximum atomic E-state index is 13.4. The summed E-state index contributed by atoms with van der Waals surface area (Å²) in [7, 11) is 0. The first-order valence-electron chi connectivity index (χ1n) is 8.82. The zero-order valence-corrected chi connectivity index (χ0v) is 15.8. The zero-order chi connectivity index (χ0) is 20.4. The van der Waals surface area contributed by atoms with E-state index in [-0.39, 0.29) is 13.0 Å². The van der Waals surface area contributed by atoms with Crippen LogP contribution in [0, 0.1) is 5.92 Å². The Kier molecular flexibility index (Phi) is 6.07. The van der Waals surface area contributed by atoms with Crippen molar-refractivity contribution in [2.24, 2.45) is 5.92 Å². The molecule has 5 nitrogen and oxygen atoms in total. The largest absolute Gasteiger partial charge is 0.444 e. The molecule has 0 saturated carbocycles. The van der Waals surface area contributed by atoms with Crippen molar-refractivity contribution < 1.29 is 27.5 Å². The summed E-state index contributed by atoms with van der Waals surface area (Å²) >= 11 is 0. The molecule has 0 bridgehead atoms. The molecule has 150 valence electrons. The van der Waals surface area contributed by atoms with Crippen molar-refractivity contribution in [1.82, 2.24) is 10.2 Å². The fourth-order valence-corrected chi connectivity index (χ4v) is 3.11. The lowest BCUT2D eigenvalue weighted by atomic mass is 9.98. The van der Waals surface area contributed by atoms with Crippen molar-refractivity contribution in [1.29, 1.82) is 0 Å². The summed E-state index contributed by atoms with van der Waals surface area (Å²) in [5, 5.41) is 2.60. The third-order valence-corrected chi connectivity index (χ3v) is 4.37. The molecule has 2 amide bonds. The van der Waals surface area contributed by atoms with E-state index in [0.717, 1.165) is 10.5 Å². The van der Waals surface area contributed by atoms with E-state index in [1.54, 1.807) is 58.0 Å². The smallest absolute Gasteiger partial charge is 0.410 e. The summed E-state index contributed by atoms with van der Waals surface area (Å²) in [4.78, 5) is 26.0. The third kappa shape index (κ3) is 5.37. The molecular formula is C19H25F3N2O3. The number of benzene rings is 1. The van der Waals surface area contributed by atoms with Gasteiger partial charge in [-0.1, -0.05) is 30.3 Å². The Hall–Kier alpha value is -2.25. The van der Waals surface area contributed by atoms with E-state index in [1.165, 1.54) is 0 Å². The molecule has 1 saturated heterocycles. The van der Waals surface area contributed by atoms with Crippen molar-refractivity contribution in [3.8, 4) is 0 Å². The number of alkyl halides is 3. The summed E-state index contributed by atoms with van der Waals surface area (Å²) in [5.74, 6) is -2.76. The van der Waals surface area contributed by atoms with Gasteiger partial charge in [-0.15, -0.1) is 0 Å². The highest BCUT2D eigenvalue weighted by Gasteiger charge is 2.55. The third-order valence-electron chi connectivity index (χ3n) is 4.37. The van der Waals surface area contributed by atoms with Crippen molar-refractivity contribution in [2.45, 2.75) is 58.0 Å². The average molecular weight is 386 g/mol. The first-order chi connectivity index (χ1) is 12.4. The van der Waals surface area contributed by atoms with E-state index in [0.29, 0.717) is 0 Å². The predicted octanol–water partition coefficient (Wildman–Crippen LogP) is 4.05. The Morgan fingerprint density at radius 1 is 1.19 bits per heavy atom. The summed E-state index contributed by atoms with van der Waals surface area (Å²) in [6, 6.07) is 6.76. The van der Waals surface area contributed by atoms with Crippen LogP contribution >= 0.6 is 0 Å². The first-order valence-corrected chi connectivity index (χ1v) is 8.82. The average Bonchev–Trinajstić information content (AvgIpc) is 2.99. The quantitative estimate of drug-likeness (QED) is 0.853. The van der Waals surface area contributed by atoms with Gasteiger partial charge in [0.1, 0.15) is 11.6 Å². The molecule has 3 atom stereocenters. The molecular weight excluding hydrogens is 361 g/mol. The van der Waals surface area contributed by atoms with Crippen LogP contribution in [0.1, 0.15) is 45.7 Å². The molecule has 1 heterocycles. The summed E-state index contributed by atoms with van der Waals surface area (Å²) in [5.41, 5.74) is -0.109. The number of rotatable bonds is 3. The van der Waals surface area contributed by atoms with Crippen molar-refractivity contribution in [3.05, 3.63) is 35.9 Å².